The van der Waals surface area contributed by atoms with Gasteiger partial charge >= 0.3 is 6.03 Å². The van der Waals surface area contributed by atoms with Gasteiger partial charge in [0.2, 0.25) is 11.8 Å². The first-order valence-electron chi connectivity index (χ1n) is 9.32. The zero-order valence-electron chi connectivity index (χ0n) is 14.7. The lowest BCUT2D eigenvalue weighted by Gasteiger charge is -2.33. The molecule has 2 N–H and O–H groups in total. The molecule has 0 aromatic heterocycles. The van der Waals surface area contributed by atoms with E-state index in [1.807, 2.05) is 4.90 Å². The van der Waals surface area contributed by atoms with E-state index in [1.54, 1.807) is 16.7 Å². The van der Waals surface area contributed by atoms with E-state index in [2.05, 4.69) is 10.6 Å². The second-order valence-electron chi connectivity index (χ2n) is 7.18. The number of piperidine rings is 1. The molecule has 3 aliphatic rings. The maximum atomic E-state index is 12.3. The summed E-state index contributed by atoms with van der Waals surface area (Å²) in [6, 6.07) is 0.360. The van der Waals surface area contributed by atoms with Crippen LogP contribution in [0.3, 0.4) is 0 Å². The lowest BCUT2D eigenvalue weighted by Crippen LogP contribution is -2.52. The van der Waals surface area contributed by atoms with Gasteiger partial charge in [-0.25, -0.2) is 4.79 Å². The number of thioether (sulfide) groups is 1. The van der Waals surface area contributed by atoms with Gasteiger partial charge in [0.25, 0.3) is 0 Å². The molecule has 0 aromatic rings. The van der Waals surface area contributed by atoms with Crippen molar-refractivity contribution in [3.63, 3.8) is 0 Å². The summed E-state index contributed by atoms with van der Waals surface area (Å²) in [5, 5.41) is 6.13. The fraction of sp³-hybridized carbons (Fsp3) is 0.824. The molecule has 4 amide bonds. The van der Waals surface area contributed by atoms with Crippen molar-refractivity contribution in [2.45, 2.75) is 57.0 Å². The van der Waals surface area contributed by atoms with Crippen LogP contribution in [0.4, 0.5) is 4.79 Å². The molecule has 25 heavy (non-hydrogen) atoms. The summed E-state index contributed by atoms with van der Waals surface area (Å²) in [7, 11) is 0. The van der Waals surface area contributed by atoms with Crippen molar-refractivity contribution in [3.8, 4) is 0 Å². The first-order chi connectivity index (χ1) is 12.1. The van der Waals surface area contributed by atoms with Gasteiger partial charge < -0.3 is 20.4 Å². The summed E-state index contributed by atoms with van der Waals surface area (Å²) in [4.78, 5) is 39.5. The van der Waals surface area contributed by atoms with Crippen molar-refractivity contribution in [1.29, 1.82) is 0 Å². The smallest absolute Gasteiger partial charge is 0.315 e. The van der Waals surface area contributed by atoms with Crippen molar-refractivity contribution >= 4 is 29.6 Å². The molecule has 2 heterocycles. The normalized spacial score (nSPS) is 23.0. The molecule has 7 nitrogen and oxygen atoms in total. The predicted molar refractivity (Wildman–Crippen MR) is 97.2 cm³/mol. The van der Waals surface area contributed by atoms with Crippen molar-refractivity contribution < 1.29 is 14.4 Å². The molecule has 0 bridgehead atoms. The minimum absolute atomic E-state index is 0.0148. The fourth-order valence-corrected chi connectivity index (χ4v) is 4.64. The molecule has 0 unspecified atom stereocenters. The predicted octanol–water partition coefficient (Wildman–Crippen LogP) is 1.14. The summed E-state index contributed by atoms with van der Waals surface area (Å²) in [6.45, 7) is 1.47. The molecule has 0 spiro atoms. The van der Waals surface area contributed by atoms with Gasteiger partial charge in [-0.3, -0.25) is 9.59 Å². The summed E-state index contributed by atoms with van der Waals surface area (Å²) in [6.07, 6.45) is 7.36. The van der Waals surface area contributed by atoms with Gasteiger partial charge in [0, 0.05) is 25.2 Å². The quantitative estimate of drug-likeness (QED) is 0.780. The molecule has 0 atom stereocenters. The summed E-state index contributed by atoms with van der Waals surface area (Å²) in [5.74, 6) is 1.16. The van der Waals surface area contributed by atoms with E-state index in [0.717, 1.165) is 25.7 Å². The number of hydrogen-bond acceptors (Lipinski definition) is 4. The van der Waals surface area contributed by atoms with E-state index in [0.29, 0.717) is 30.8 Å². The number of rotatable bonds is 4. The van der Waals surface area contributed by atoms with Gasteiger partial charge in [-0.2, -0.15) is 0 Å². The third-order valence-electron chi connectivity index (χ3n) is 5.27. The van der Waals surface area contributed by atoms with Crippen LogP contribution in [0.1, 0.15) is 44.9 Å². The second-order valence-corrected chi connectivity index (χ2v) is 8.13. The SMILES string of the molecule is O=C(NC1CCCCC1)NC1CCN(C(=O)CN2CSCC2=O)CC1. The number of hydrogen-bond donors (Lipinski definition) is 2. The van der Waals surface area contributed by atoms with Crippen LogP contribution in [0.15, 0.2) is 0 Å². The van der Waals surface area contributed by atoms with Gasteiger partial charge in [0.05, 0.1) is 11.6 Å². The molecule has 0 aromatic carbocycles. The average molecular weight is 369 g/mol. The van der Waals surface area contributed by atoms with E-state index in [-0.39, 0.29) is 30.4 Å². The number of amides is 4. The molecule has 3 fully saturated rings. The van der Waals surface area contributed by atoms with Gasteiger partial charge in [0.15, 0.2) is 0 Å². The first kappa shape index (κ1) is 18.4. The minimum atomic E-state index is -0.0728. The Morgan fingerprint density at radius 1 is 1.00 bits per heavy atom. The number of nitrogens with one attached hydrogen (secondary N) is 2. The number of likely N-dealkylation sites (tertiary alicyclic amines) is 1. The van der Waals surface area contributed by atoms with Crippen LogP contribution in [0.5, 0.6) is 0 Å². The van der Waals surface area contributed by atoms with Gasteiger partial charge in [-0.15, -0.1) is 11.8 Å². The number of urea groups is 1. The maximum absolute atomic E-state index is 12.3. The molecule has 2 aliphatic heterocycles. The lowest BCUT2D eigenvalue weighted by atomic mass is 9.96. The topological polar surface area (TPSA) is 81.8 Å². The number of nitrogens with zero attached hydrogens (tertiary/aromatic N) is 2. The highest BCUT2D eigenvalue weighted by Crippen LogP contribution is 2.18. The molecule has 2 saturated heterocycles. The Morgan fingerprint density at radius 3 is 2.24 bits per heavy atom. The summed E-state index contributed by atoms with van der Waals surface area (Å²) >= 11 is 1.55. The maximum Gasteiger partial charge on any atom is 0.315 e. The van der Waals surface area contributed by atoms with Crippen LogP contribution in [0.25, 0.3) is 0 Å². The zero-order valence-corrected chi connectivity index (χ0v) is 15.5. The Labute approximate surface area is 153 Å². The number of carbonyl (C=O) groups is 3. The van der Waals surface area contributed by atoms with E-state index in [9.17, 15) is 14.4 Å². The Balaban J connectivity index is 1.35. The second kappa shape index (κ2) is 8.78. The highest BCUT2D eigenvalue weighted by atomic mass is 32.2. The summed E-state index contributed by atoms with van der Waals surface area (Å²) < 4.78 is 0. The molecule has 140 valence electrons. The van der Waals surface area contributed by atoms with E-state index in [4.69, 9.17) is 0 Å². The molecular formula is C17H28N4O3S. The van der Waals surface area contributed by atoms with E-state index >= 15 is 0 Å². The van der Waals surface area contributed by atoms with Crippen molar-refractivity contribution in [2.75, 3.05) is 31.3 Å². The van der Waals surface area contributed by atoms with Crippen LogP contribution < -0.4 is 10.6 Å². The Bertz CT molecular complexity index is 502. The van der Waals surface area contributed by atoms with Crippen LogP contribution in [-0.4, -0.2) is 71.0 Å². The van der Waals surface area contributed by atoms with E-state index in [1.165, 1.54) is 19.3 Å². The van der Waals surface area contributed by atoms with Crippen molar-refractivity contribution in [2.24, 2.45) is 0 Å². The summed E-state index contributed by atoms with van der Waals surface area (Å²) in [5.41, 5.74) is 0. The van der Waals surface area contributed by atoms with Crippen molar-refractivity contribution in [1.82, 2.24) is 20.4 Å². The first-order valence-corrected chi connectivity index (χ1v) is 10.5. The van der Waals surface area contributed by atoms with E-state index < -0.39 is 0 Å². The fourth-order valence-electron chi connectivity index (χ4n) is 3.74. The van der Waals surface area contributed by atoms with Crippen LogP contribution in [-0.2, 0) is 9.59 Å². The highest BCUT2D eigenvalue weighted by Gasteiger charge is 2.28. The van der Waals surface area contributed by atoms with Crippen LogP contribution >= 0.6 is 11.8 Å². The monoisotopic (exact) mass is 368 g/mol. The Morgan fingerprint density at radius 2 is 1.64 bits per heavy atom. The molecule has 0 radical (unpaired) electrons. The van der Waals surface area contributed by atoms with Gasteiger partial charge in [-0.05, 0) is 25.7 Å². The zero-order chi connectivity index (χ0) is 17.6. The largest absolute Gasteiger partial charge is 0.341 e. The average Bonchev–Trinajstić information content (AvgIpc) is 3.01. The third kappa shape index (κ3) is 5.26. The van der Waals surface area contributed by atoms with Crippen LogP contribution in [0, 0.1) is 0 Å². The lowest BCUT2D eigenvalue weighted by molar-refractivity contribution is -0.138. The molecule has 3 rings (SSSR count). The van der Waals surface area contributed by atoms with Gasteiger partial charge in [-0.1, -0.05) is 19.3 Å². The standard InChI is InChI=1S/C17H28N4O3S/c22-15(10-21-12-25-11-16(21)23)20-8-6-14(7-9-20)19-17(24)18-13-4-2-1-3-5-13/h13-14H,1-12H2,(H2,18,19,24). The number of carbonyl (C=O) groups excluding carboxylic acids is 3. The minimum Gasteiger partial charge on any atom is -0.341 e. The van der Waals surface area contributed by atoms with Gasteiger partial charge in [0.1, 0.15) is 6.54 Å². The highest BCUT2D eigenvalue weighted by molar-refractivity contribution is 8.00. The molecule has 1 saturated carbocycles. The third-order valence-corrected chi connectivity index (χ3v) is 6.22. The molecular weight excluding hydrogens is 340 g/mol. The molecule has 1 aliphatic carbocycles. The Kier molecular flexibility index (Phi) is 6.45. The molecule has 8 heteroatoms. The Hall–Kier alpha value is -1.44. The van der Waals surface area contributed by atoms with Crippen molar-refractivity contribution in [3.05, 3.63) is 0 Å². The van der Waals surface area contributed by atoms with Crippen LogP contribution in [0.2, 0.25) is 0 Å².